The van der Waals surface area contributed by atoms with Crippen LogP contribution in [0.2, 0.25) is 0 Å². The number of rotatable bonds is 2. The van der Waals surface area contributed by atoms with Gasteiger partial charge in [0.2, 0.25) is 0 Å². The number of hydrogen-bond acceptors (Lipinski definition) is 4. The molecule has 0 aromatic carbocycles. The molecule has 2 heterocycles. The minimum Gasteiger partial charge on any atom is -0.392 e. The number of aliphatic hydroxyl groups is 1. The van der Waals surface area contributed by atoms with Gasteiger partial charge in [0.05, 0.1) is 6.61 Å². The molecule has 4 nitrogen and oxygen atoms in total. The highest BCUT2D eigenvalue weighted by atomic mass is 19.1. The number of hydrogen-bond donors (Lipinski definition) is 1. The van der Waals surface area contributed by atoms with Gasteiger partial charge in [0.25, 0.3) is 0 Å². The number of halogens is 1. The van der Waals surface area contributed by atoms with Gasteiger partial charge in [-0.1, -0.05) is 0 Å². The molecule has 1 N–H and O–H groups in total. The Labute approximate surface area is 107 Å². The maximum absolute atomic E-state index is 14.2. The van der Waals surface area contributed by atoms with Gasteiger partial charge in [-0.2, -0.15) is 0 Å². The normalized spacial score (nSPS) is 22.0. The van der Waals surface area contributed by atoms with E-state index in [9.17, 15) is 4.39 Å². The van der Waals surface area contributed by atoms with Crippen molar-refractivity contribution < 1.29 is 9.50 Å². The average Bonchev–Trinajstić information content (AvgIpc) is 2.51. The molecule has 0 bridgehead atoms. The highest BCUT2D eigenvalue weighted by Gasteiger charge is 2.24. The zero-order chi connectivity index (χ0) is 13.1. The summed E-state index contributed by atoms with van der Waals surface area (Å²) < 4.78 is 14.2. The van der Waals surface area contributed by atoms with E-state index in [0.717, 1.165) is 26.1 Å². The lowest BCUT2D eigenvalue weighted by atomic mass is 10.2. The summed E-state index contributed by atoms with van der Waals surface area (Å²) in [6.07, 6.45) is 2.55. The number of anilines is 1. The Bertz CT molecular complexity index is 413. The van der Waals surface area contributed by atoms with Gasteiger partial charge >= 0.3 is 0 Å². The molecule has 0 aliphatic carbocycles. The minimum absolute atomic E-state index is 0.216. The summed E-state index contributed by atoms with van der Waals surface area (Å²) in [7, 11) is 2.08. The van der Waals surface area contributed by atoms with E-state index in [1.165, 1.54) is 6.07 Å². The Morgan fingerprint density at radius 3 is 3.00 bits per heavy atom. The van der Waals surface area contributed by atoms with Gasteiger partial charge in [0.15, 0.2) is 11.6 Å². The van der Waals surface area contributed by atoms with Crippen LogP contribution in [0, 0.1) is 5.82 Å². The zero-order valence-corrected chi connectivity index (χ0v) is 10.9. The summed E-state index contributed by atoms with van der Waals surface area (Å²) in [5.41, 5.74) is 0.310. The smallest absolute Gasteiger partial charge is 0.171 e. The first-order valence-electron chi connectivity index (χ1n) is 6.33. The summed E-state index contributed by atoms with van der Waals surface area (Å²) in [6.45, 7) is 4.50. The van der Waals surface area contributed by atoms with Crippen molar-refractivity contribution in [1.82, 2.24) is 9.88 Å². The molecule has 100 valence electrons. The Hall–Kier alpha value is -1.20. The lowest BCUT2D eigenvalue weighted by molar-refractivity contribution is 0.275. The summed E-state index contributed by atoms with van der Waals surface area (Å²) in [5.74, 6) is -0.0271. The van der Waals surface area contributed by atoms with E-state index in [2.05, 4.69) is 23.9 Å². The predicted octanol–water partition coefficient (Wildman–Crippen LogP) is 1.24. The molecular weight excluding hydrogens is 233 g/mol. The first kappa shape index (κ1) is 13.2. The fraction of sp³-hybridized carbons (Fsp3) is 0.615. The first-order valence-corrected chi connectivity index (χ1v) is 6.33. The molecule has 2 rings (SSSR count). The van der Waals surface area contributed by atoms with Gasteiger partial charge in [-0.3, -0.25) is 0 Å². The van der Waals surface area contributed by atoms with Crippen molar-refractivity contribution in [2.75, 3.05) is 31.6 Å². The Morgan fingerprint density at radius 2 is 2.28 bits per heavy atom. The topological polar surface area (TPSA) is 39.6 Å². The monoisotopic (exact) mass is 253 g/mol. The SMILES string of the molecule is CC1CN(C)CCCN1c1nccc(CO)c1F. The van der Waals surface area contributed by atoms with Gasteiger partial charge in [0.1, 0.15) is 0 Å². The summed E-state index contributed by atoms with van der Waals surface area (Å²) >= 11 is 0. The zero-order valence-electron chi connectivity index (χ0n) is 10.9. The second-order valence-electron chi connectivity index (χ2n) is 4.92. The Morgan fingerprint density at radius 1 is 1.50 bits per heavy atom. The summed E-state index contributed by atoms with van der Waals surface area (Å²) in [6, 6.07) is 1.74. The van der Waals surface area contributed by atoms with Crippen LogP contribution in [0.5, 0.6) is 0 Å². The molecular formula is C13H20FN3O. The van der Waals surface area contributed by atoms with Crippen LogP contribution >= 0.6 is 0 Å². The Kier molecular flexibility index (Phi) is 4.14. The van der Waals surface area contributed by atoms with Crippen molar-refractivity contribution in [2.24, 2.45) is 0 Å². The van der Waals surface area contributed by atoms with Gasteiger partial charge < -0.3 is 14.9 Å². The molecule has 0 amide bonds. The van der Waals surface area contributed by atoms with E-state index >= 15 is 0 Å². The lowest BCUT2D eigenvalue weighted by Gasteiger charge is -2.29. The summed E-state index contributed by atoms with van der Waals surface area (Å²) in [5, 5.41) is 9.11. The van der Waals surface area contributed by atoms with Crippen LogP contribution in [0.4, 0.5) is 10.2 Å². The number of aliphatic hydroxyl groups excluding tert-OH is 1. The molecule has 0 saturated carbocycles. The van der Waals surface area contributed by atoms with E-state index in [4.69, 9.17) is 5.11 Å². The van der Waals surface area contributed by atoms with E-state index in [1.807, 2.05) is 4.90 Å². The second kappa shape index (κ2) is 5.63. The van der Waals surface area contributed by atoms with Crippen molar-refractivity contribution in [3.05, 3.63) is 23.6 Å². The molecule has 1 aliphatic rings. The Balaban J connectivity index is 2.29. The standard InChI is InChI=1S/C13H20FN3O/c1-10-8-16(2)6-3-7-17(10)13-12(14)11(9-18)4-5-15-13/h4-5,10,18H,3,6-9H2,1-2H3. The fourth-order valence-electron chi connectivity index (χ4n) is 2.48. The third-order valence-electron chi connectivity index (χ3n) is 3.44. The van der Waals surface area contributed by atoms with Gasteiger partial charge in [-0.25, -0.2) is 9.37 Å². The molecule has 5 heteroatoms. The fourth-order valence-corrected chi connectivity index (χ4v) is 2.48. The molecule has 1 fully saturated rings. The van der Waals surface area contributed by atoms with Crippen molar-refractivity contribution in [3.8, 4) is 0 Å². The van der Waals surface area contributed by atoms with Crippen molar-refractivity contribution >= 4 is 5.82 Å². The van der Waals surface area contributed by atoms with Crippen molar-refractivity contribution in [1.29, 1.82) is 0 Å². The third kappa shape index (κ3) is 2.62. The molecule has 18 heavy (non-hydrogen) atoms. The third-order valence-corrected chi connectivity index (χ3v) is 3.44. The predicted molar refractivity (Wildman–Crippen MR) is 69.0 cm³/mol. The highest BCUT2D eigenvalue weighted by Crippen LogP contribution is 2.23. The second-order valence-corrected chi connectivity index (χ2v) is 4.92. The molecule has 1 atom stereocenters. The highest BCUT2D eigenvalue weighted by molar-refractivity contribution is 5.44. The van der Waals surface area contributed by atoms with Crippen LogP contribution in [-0.2, 0) is 6.61 Å². The van der Waals surface area contributed by atoms with Crippen LogP contribution in [0.1, 0.15) is 18.9 Å². The van der Waals surface area contributed by atoms with Crippen LogP contribution < -0.4 is 4.90 Å². The average molecular weight is 253 g/mol. The number of pyridine rings is 1. The number of aromatic nitrogens is 1. The van der Waals surface area contributed by atoms with Crippen LogP contribution in [0.25, 0.3) is 0 Å². The quantitative estimate of drug-likeness (QED) is 0.861. The maximum Gasteiger partial charge on any atom is 0.171 e. The lowest BCUT2D eigenvalue weighted by Crippen LogP contribution is -2.39. The molecule has 0 radical (unpaired) electrons. The molecule has 1 unspecified atom stereocenters. The molecule has 1 aliphatic heterocycles. The van der Waals surface area contributed by atoms with Gasteiger partial charge in [-0.15, -0.1) is 0 Å². The molecule has 1 saturated heterocycles. The largest absolute Gasteiger partial charge is 0.392 e. The molecule has 0 spiro atoms. The summed E-state index contributed by atoms with van der Waals surface area (Å²) in [4.78, 5) is 8.40. The van der Waals surface area contributed by atoms with Crippen LogP contribution in [0.3, 0.4) is 0 Å². The van der Waals surface area contributed by atoms with E-state index in [-0.39, 0.29) is 12.6 Å². The van der Waals surface area contributed by atoms with Crippen LogP contribution in [-0.4, -0.2) is 47.7 Å². The van der Waals surface area contributed by atoms with Crippen molar-refractivity contribution in [3.63, 3.8) is 0 Å². The van der Waals surface area contributed by atoms with Gasteiger partial charge in [0, 0.05) is 30.9 Å². The molecule has 1 aromatic rings. The maximum atomic E-state index is 14.2. The van der Waals surface area contributed by atoms with E-state index in [0.29, 0.717) is 11.4 Å². The minimum atomic E-state index is -0.392. The van der Waals surface area contributed by atoms with E-state index in [1.54, 1.807) is 6.20 Å². The van der Waals surface area contributed by atoms with E-state index < -0.39 is 5.82 Å². The number of likely N-dealkylation sites (N-methyl/N-ethyl adjacent to an activating group) is 1. The number of nitrogens with zero attached hydrogens (tertiary/aromatic N) is 3. The van der Waals surface area contributed by atoms with Crippen LogP contribution in [0.15, 0.2) is 12.3 Å². The first-order chi connectivity index (χ1) is 8.63. The van der Waals surface area contributed by atoms with Crippen molar-refractivity contribution in [2.45, 2.75) is 26.0 Å². The van der Waals surface area contributed by atoms with Gasteiger partial charge in [-0.05, 0) is 33.0 Å². The molecule has 1 aromatic heterocycles.